The highest BCUT2D eigenvalue weighted by Gasteiger charge is 2.26. The van der Waals surface area contributed by atoms with E-state index < -0.39 is 0 Å². The Morgan fingerprint density at radius 3 is 2.42 bits per heavy atom. The monoisotopic (exact) mass is 344 g/mol. The Morgan fingerprint density at radius 1 is 1.08 bits per heavy atom. The van der Waals surface area contributed by atoms with Gasteiger partial charge in [0, 0.05) is 12.1 Å². The van der Waals surface area contributed by atoms with Crippen LogP contribution in [0.4, 0.5) is 0 Å². The molecule has 0 saturated carbocycles. The first-order valence-corrected chi connectivity index (χ1v) is 8.33. The number of nitrogens with one attached hydrogen (secondary N) is 1. The number of carbonyl (C=O) groups is 1. The molecule has 4 heteroatoms. The zero-order chi connectivity index (χ0) is 16.2. The van der Waals surface area contributed by atoms with Gasteiger partial charge in [0.25, 0.3) is 0 Å². The summed E-state index contributed by atoms with van der Waals surface area (Å²) >= 11 is 0. The number of benzene rings is 2. The Kier molecular flexibility index (Phi) is 6.41. The van der Waals surface area contributed by atoms with Crippen LogP contribution in [0.15, 0.2) is 54.6 Å². The van der Waals surface area contributed by atoms with E-state index in [0.717, 1.165) is 24.8 Å². The summed E-state index contributed by atoms with van der Waals surface area (Å²) in [6.07, 6.45) is 2.94. The Hall–Kier alpha value is -1.84. The number of amides is 1. The molecule has 0 heterocycles. The summed E-state index contributed by atoms with van der Waals surface area (Å²) in [6.45, 7) is 1.91. The maximum atomic E-state index is 12.5. The fraction of sp³-hybridized carbons (Fsp3) is 0.350. The number of halogens is 1. The van der Waals surface area contributed by atoms with Crippen molar-refractivity contribution in [3.63, 3.8) is 0 Å². The van der Waals surface area contributed by atoms with Crippen molar-refractivity contribution in [1.82, 2.24) is 5.32 Å². The lowest BCUT2D eigenvalue weighted by Crippen LogP contribution is -2.43. The first-order valence-electron chi connectivity index (χ1n) is 8.33. The predicted octanol–water partition coefficient (Wildman–Crippen LogP) is 3.42. The molecule has 1 aliphatic carbocycles. The van der Waals surface area contributed by atoms with Crippen LogP contribution in [0.1, 0.15) is 36.1 Å². The van der Waals surface area contributed by atoms with Gasteiger partial charge in [0.1, 0.15) is 0 Å². The number of aryl methyl sites for hydroxylation is 1. The minimum atomic E-state index is -0.271. The number of rotatable bonds is 4. The number of carbonyl (C=O) groups excluding carboxylic acids is 1. The molecule has 0 aliphatic heterocycles. The maximum absolute atomic E-state index is 12.5. The van der Waals surface area contributed by atoms with E-state index >= 15 is 0 Å². The van der Waals surface area contributed by atoms with Gasteiger partial charge >= 0.3 is 0 Å². The topological polar surface area (TPSA) is 55.1 Å². The van der Waals surface area contributed by atoms with Crippen LogP contribution in [-0.2, 0) is 17.6 Å². The van der Waals surface area contributed by atoms with E-state index in [2.05, 4.69) is 29.6 Å². The van der Waals surface area contributed by atoms with Crippen molar-refractivity contribution in [1.29, 1.82) is 0 Å². The summed E-state index contributed by atoms with van der Waals surface area (Å²) in [6, 6.07) is 18.3. The average Bonchev–Trinajstić information content (AvgIpc) is 2.61. The van der Waals surface area contributed by atoms with Crippen LogP contribution in [0.25, 0.3) is 0 Å². The molecule has 2 aromatic carbocycles. The molecule has 24 heavy (non-hydrogen) atoms. The lowest BCUT2D eigenvalue weighted by molar-refractivity contribution is -0.125. The number of nitrogens with two attached hydrogens (primary N) is 1. The summed E-state index contributed by atoms with van der Waals surface area (Å²) in [4.78, 5) is 12.5. The van der Waals surface area contributed by atoms with Gasteiger partial charge in [0.15, 0.2) is 0 Å². The normalized spacial score (nSPS) is 18.7. The van der Waals surface area contributed by atoms with Crippen molar-refractivity contribution in [3.05, 3.63) is 71.3 Å². The second-order valence-corrected chi connectivity index (χ2v) is 6.44. The van der Waals surface area contributed by atoms with Crippen LogP contribution >= 0.6 is 12.4 Å². The Labute approximate surface area is 150 Å². The van der Waals surface area contributed by atoms with Crippen molar-refractivity contribution in [2.24, 2.45) is 11.7 Å². The summed E-state index contributed by atoms with van der Waals surface area (Å²) < 4.78 is 0. The zero-order valence-corrected chi connectivity index (χ0v) is 14.8. The third-order valence-corrected chi connectivity index (χ3v) is 4.83. The summed E-state index contributed by atoms with van der Waals surface area (Å²) in [5.74, 6) is -0.194. The van der Waals surface area contributed by atoms with Crippen molar-refractivity contribution >= 4 is 18.3 Å². The fourth-order valence-electron chi connectivity index (χ4n) is 3.28. The molecule has 0 bridgehead atoms. The second-order valence-electron chi connectivity index (χ2n) is 6.44. The van der Waals surface area contributed by atoms with Gasteiger partial charge in [-0.15, -0.1) is 12.4 Å². The number of hydrogen-bond acceptors (Lipinski definition) is 2. The van der Waals surface area contributed by atoms with E-state index in [9.17, 15) is 4.79 Å². The molecular formula is C20H25ClN2O. The minimum Gasteiger partial charge on any atom is -0.353 e. The minimum absolute atomic E-state index is 0. The van der Waals surface area contributed by atoms with Gasteiger partial charge in [-0.25, -0.2) is 0 Å². The summed E-state index contributed by atoms with van der Waals surface area (Å²) in [5.41, 5.74) is 10.0. The third kappa shape index (κ3) is 4.16. The molecule has 3 unspecified atom stereocenters. The van der Waals surface area contributed by atoms with Gasteiger partial charge < -0.3 is 11.1 Å². The molecule has 0 spiro atoms. The number of fused-ring (bicyclic) bond motifs is 1. The molecule has 3 rings (SSSR count). The highest BCUT2D eigenvalue weighted by Crippen LogP contribution is 2.23. The van der Waals surface area contributed by atoms with Gasteiger partial charge in [-0.05, 0) is 36.0 Å². The van der Waals surface area contributed by atoms with Gasteiger partial charge in [-0.2, -0.15) is 0 Å². The van der Waals surface area contributed by atoms with Crippen LogP contribution in [0, 0.1) is 5.92 Å². The Morgan fingerprint density at radius 2 is 1.71 bits per heavy atom. The van der Waals surface area contributed by atoms with E-state index in [0.29, 0.717) is 0 Å². The lowest BCUT2D eigenvalue weighted by atomic mass is 9.87. The standard InChI is InChI=1S/C20H24N2O.ClH/c1-14(19(21)16-8-3-2-4-9-16)20(23)22-18-12-11-15-7-5-6-10-17(15)13-18;/h2-10,14,18-19H,11-13,21H2,1H3,(H,22,23);1H. The van der Waals surface area contributed by atoms with Crippen LogP contribution < -0.4 is 11.1 Å². The molecule has 0 aromatic heterocycles. The van der Waals surface area contributed by atoms with Crippen molar-refractivity contribution < 1.29 is 4.79 Å². The quantitative estimate of drug-likeness (QED) is 0.892. The maximum Gasteiger partial charge on any atom is 0.224 e. The molecule has 0 fully saturated rings. The Bertz CT molecular complexity index is 674. The first kappa shape index (κ1) is 18.5. The molecule has 3 nitrogen and oxygen atoms in total. The molecule has 128 valence electrons. The van der Waals surface area contributed by atoms with E-state index in [1.165, 1.54) is 11.1 Å². The highest BCUT2D eigenvalue weighted by molar-refractivity contribution is 5.85. The van der Waals surface area contributed by atoms with Crippen molar-refractivity contribution in [3.8, 4) is 0 Å². The van der Waals surface area contributed by atoms with Gasteiger partial charge in [0.2, 0.25) is 5.91 Å². The molecule has 0 radical (unpaired) electrons. The van der Waals surface area contributed by atoms with Gasteiger partial charge in [0.05, 0.1) is 5.92 Å². The predicted molar refractivity (Wildman–Crippen MR) is 100 cm³/mol. The van der Waals surface area contributed by atoms with Crippen LogP contribution in [0.3, 0.4) is 0 Å². The molecule has 1 amide bonds. The van der Waals surface area contributed by atoms with Gasteiger partial charge in [-0.3, -0.25) is 4.79 Å². The fourth-order valence-corrected chi connectivity index (χ4v) is 3.28. The molecule has 3 N–H and O–H groups in total. The molecule has 0 saturated heterocycles. The largest absolute Gasteiger partial charge is 0.353 e. The van der Waals surface area contributed by atoms with Crippen LogP contribution in [0.2, 0.25) is 0 Å². The molecule has 3 atom stereocenters. The van der Waals surface area contributed by atoms with E-state index in [1.807, 2.05) is 37.3 Å². The van der Waals surface area contributed by atoms with Crippen molar-refractivity contribution in [2.75, 3.05) is 0 Å². The van der Waals surface area contributed by atoms with Crippen LogP contribution in [-0.4, -0.2) is 11.9 Å². The third-order valence-electron chi connectivity index (χ3n) is 4.83. The average molecular weight is 345 g/mol. The van der Waals surface area contributed by atoms with E-state index in [-0.39, 0.29) is 36.3 Å². The molecule has 2 aromatic rings. The zero-order valence-electron chi connectivity index (χ0n) is 13.9. The van der Waals surface area contributed by atoms with E-state index in [1.54, 1.807) is 0 Å². The smallest absolute Gasteiger partial charge is 0.224 e. The molecular weight excluding hydrogens is 320 g/mol. The second kappa shape index (κ2) is 8.32. The summed E-state index contributed by atoms with van der Waals surface area (Å²) in [5, 5.41) is 3.19. The van der Waals surface area contributed by atoms with Crippen LogP contribution in [0.5, 0.6) is 0 Å². The number of hydrogen-bond donors (Lipinski definition) is 2. The van der Waals surface area contributed by atoms with Crippen molar-refractivity contribution in [2.45, 2.75) is 38.3 Å². The lowest BCUT2D eigenvalue weighted by Gasteiger charge is -2.28. The molecule has 1 aliphatic rings. The first-order chi connectivity index (χ1) is 11.1. The van der Waals surface area contributed by atoms with Gasteiger partial charge in [-0.1, -0.05) is 61.5 Å². The summed E-state index contributed by atoms with van der Waals surface area (Å²) in [7, 11) is 0. The SMILES string of the molecule is CC(C(=O)NC1CCc2ccccc2C1)C(N)c1ccccc1.Cl. The Balaban J connectivity index is 0.00000208. The van der Waals surface area contributed by atoms with E-state index in [4.69, 9.17) is 5.73 Å². The highest BCUT2D eigenvalue weighted by atomic mass is 35.5.